The highest BCUT2D eigenvalue weighted by Crippen LogP contribution is 2.24. The molecular formula is C11H14N2O4S. The van der Waals surface area contributed by atoms with Crippen LogP contribution in [-0.4, -0.2) is 31.8 Å². The summed E-state index contributed by atoms with van der Waals surface area (Å²) in [6.07, 6.45) is 1.67. The quantitative estimate of drug-likeness (QED) is 0.808. The maximum Gasteiger partial charge on any atom is 0.357 e. The molecule has 0 radical (unpaired) electrons. The summed E-state index contributed by atoms with van der Waals surface area (Å²) in [7, 11) is -3.65. The van der Waals surface area contributed by atoms with E-state index < -0.39 is 16.0 Å². The summed E-state index contributed by atoms with van der Waals surface area (Å²) in [5.74, 6) is 3.96. The van der Waals surface area contributed by atoms with Crippen LogP contribution in [0, 0.1) is 0 Å². The molecule has 0 aromatic heterocycles. The van der Waals surface area contributed by atoms with Gasteiger partial charge in [0.05, 0.1) is 10.5 Å². The van der Waals surface area contributed by atoms with Crippen LogP contribution >= 0.6 is 0 Å². The number of hydrogen-bond acceptors (Lipinski definition) is 5. The number of carbonyl (C=O) groups is 1. The van der Waals surface area contributed by atoms with Crippen LogP contribution in [0.3, 0.4) is 0 Å². The summed E-state index contributed by atoms with van der Waals surface area (Å²) >= 11 is 0. The monoisotopic (exact) mass is 270 g/mol. The van der Waals surface area contributed by atoms with Gasteiger partial charge in [-0.05, 0) is 25.0 Å². The summed E-state index contributed by atoms with van der Waals surface area (Å²) in [4.78, 5) is 15.5. The fourth-order valence-corrected chi connectivity index (χ4v) is 3.69. The molecule has 1 heterocycles. The molecular weight excluding hydrogens is 256 g/mol. The van der Waals surface area contributed by atoms with E-state index in [1.165, 1.54) is 16.4 Å². The van der Waals surface area contributed by atoms with Gasteiger partial charge in [-0.2, -0.15) is 10.2 Å². The second kappa shape index (κ2) is 5.05. The molecule has 1 fully saturated rings. The predicted octanol–water partition coefficient (Wildman–Crippen LogP) is 0.502. The first-order valence-electron chi connectivity index (χ1n) is 5.57. The van der Waals surface area contributed by atoms with Crippen molar-refractivity contribution in [2.24, 2.45) is 5.90 Å². The average Bonchev–Trinajstić information content (AvgIpc) is 2.92. The highest BCUT2D eigenvalue weighted by atomic mass is 32.2. The summed E-state index contributed by atoms with van der Waals surface area (Å²) in [6.45, 7) is 0.961. The topological polar surface area (TPSA) is 89.7 Å². The smallest absolute Gasteiger partial charge is 0.357 e. The standard InChI is InChI=1S/C11H14N2O4S/c12-17-11(14)9-5-1-2-6-10(9)18(15,16)13-7-3-4-8-13/h1-2,5-6H,3-4,7-8,12H2. The van der Waals surface area contributed by atoms with Crippen molar-refractivity contribution in [2.75, 3.05) is 13.1 Å². The van der Waals surface area contributed by atoms with Gasteiger partial charge in [0.1, 0.15) is 0 Å². The lowest BCUT2D eigenvalue weighted by atomic mass is 10.2. The van der Waals surface area contributed by atoms with E-state index in [0.29, 0.717) is 13.1 Å². The molecule has 2 N–H and O–H groups in total. The van der Waals surface area contributed by atoms with Crippen LogP contribution in [-0.2, 0) is 14.9 Å². The van der Waals surface area contributed by atoms with E-state index in [0.717, 1.165) is 12.8 Å². The normalized spacial score (nSPS) is 16.7. The van der Waals surface area contributed by atoms with Crippen molar-refractivity contribution in [3.05, 3.63) is 29.8 Å². The number of nitrogens with zero attached hydrogens (tertiary/aromatic N) is 1. The van der Waals surface area contributed by atoms with Gasteiger partial charge in [-0.3, -0.25) is 0 Å². The van der Waals surface area contributed by atoms with Crippen LogP contribution in [0.4, 0.5) is 0 Å². The number of carbonyl (C=O) groups excluding carboxylic acids is 1. The van der Waals surface area contributed by atoms with Crippen molar-refractivity contribution in [3.63, 3.8) is 0 Å². The van der Waals surface area contributed by atoms with Crippen molar-refractivity contribution in [3.8, 4) is 0 Å². The minimum atomic E-state index is -3.65. The lowest BCUT2D eigenvalue weighted by molar-refractivity contribution is 0.0498. The van der Waals surface area contributed by atoms with E-state index in [2.05, 4.69) is 4.84 Å². The van der Waals surface area contributed by atoms with E-state index >= 15 is 0 Å². The van der Waals surface area contributed by atoms with Crippen molar-refractivity contribution in [1.29, 1.82) is 0 Å². The van der Waals surface area contributed by atoms with E-state index in [1.54, 1.807) is 12.1 Å². The summed E-state index contributed by atoms with van der Waals surface area (Å²) in [6, 6.07) is 5.91. The second-order valence-corrected chi connectivity index (χ2v) is 5.92. The molecule has 6 nitrogen and oxygen atoms in total. The van der Waals surface area contributed by atoms with E-state index in [-0.39, 0.29) is 10.5 Å². The molecule has 0 unspecified atom stereocenters. The van der Waals surface area contributed by atoms with E-state index in [1.807, 2.05) is 0 Å². The molecule has 0 bridgehead atoms. The summed E-state index contributed by atoms with van der Waals surface area (Å²) in [5.41, 5.74) is -0.0353. The number of hydrogen-bond donors (Lipinski definition) is 1. The zero-order valence-electron chi connectivity index (χ0n) is 9.70. The van der Waals surface area contributed by atoms with Crippen LogP contribution in [0.1, 0.15) is 23.2 Å². The Labute approximate surface area is 105 Å². The third-order valence-corrected chi connectivity index (χ3v) is 4.85. The molecule has 98 valence electrons. The Morgan fingerprint density at radius 1 is 1.22 bits per heavy atom. The molecule has 1 aromatic rings. The molecule has 7 heteroatoms. The Kier molecular flexibility index (Phi) is 3.65. The molecule has 0 spiro atoms. The first kappa shape index (κ1) is 13.0. The van der Waals surface area contributed by atoms with Gasteiger partial charge in [-0.1, -0.05) is 12.1 Å². The Balaban J connectivity index is 2.47. The lowest BCUT2D eigenvalue weighted by Crippen LogP contribution is -2.29. The third-order valence-electron chi connectivity index (χ3n) is 2.90. The van der Waals surface area contributed by atoms with Crippen LogP contribution in [0.5, 0.6) is 0 Å². The summed E-state index contributed by atoms with van der Waals surface area (Å²) < 4.78 is 26.1. The van der Waals surface area contributed by atoms with Crippen molar-refractivity contribution in [2.45, 2.75) is 17.7 Å². The summed E-state index contributed by atoms with van der Waals surface area (Å²) in [5, 5.41) is 0. The Hall–Kier alpha value is -1.44. The highest BCUT2D eigenvalue weighted by molar-refractivity contribution is 7.89. The van der Waals surface area contributed by atoms with Gasteiger partial charge in [-0.15, -0.1) is 0 Å². The molecule has 1 aliphatic heterocycles. The fourth-order valence-electron chi connectivity index (χ4n) is 1.99. The molecule has 0 atom stereocenters. The minimum Gasteiger partial charge on any atom is -0.370 e. The van der Waals surface area contributed by atoms with Gasteiger partial charge in [0.15, 0.2) is 0 Å². The molecule has 1 aromatic carbocycles. The predicted molar refractivity (Wildman–Crippen MR) is 64.0 cm³/mol. The van der Waals surface area contributed by atoms with Crippen molar-refractivity contribution >= 4 is 16.0 Å². The molecule has 1 saturated heterocycles. The zero-order chi connectivity index (χ0) is 13.2. The van der Waals surface area contributed by atoms with Crippen LogP contribution < -0.4 is 5.90 Å². The zero-order valence-corrected chi connectivity index (χ0v) is 10.5. The molecule has 2 rings (SSSR count). The second-order valence-electron chi connectivity index (χ2n) is 4.01. The molecule has 18 heavy (non-hydrogen) atoms. The SMILES string of the molecule is NOC(=O)c1ccccc1S(=O)(=O)N1CCCC1. The highest BCUT2D eigenvalue weighted by Gasteiger charge is 2.30. The van der Waals surface area contributed by atoms with E-state index in [9.17, 15) is 13.2 Å². The van der Waals surface area contributed by atoms with Crippen molar-refractivity contribution in [1.82, 2.24) is 4.31 Å². The van der Waals surface area contributed by atoms with Crippen LogP contribution in [0.25, 0.3) is 0 Å². The number of rotatable bonds is 3. The first-order chi connectivity index (χ1) is 8.57. The number of sulfonamides is 1. The Morgan fingerprint density at radius 2 is 1.83 bits per heavy atom. The van der Waals surface area contributed by atoms with Crippen LogP contribution in [0.15, 0.2) is 29.2 Å². The molecule has 1 aliphatic rings. The molecule has 0 aliphatic carbocycles. The first-order valence-corrected chi connectivity index (χ1v) is 7.01. The Morgan fingerprint density at radius 3 is 2.44 bits per heavy atom. The fraction of sp³-hybridized carbons (Fsp3) is 0.364. The van der Waals surface area contributed by atoms with Gasteiger partial charge < -0.3 is 4.84 Å². The van der Waals surface area contributed by atoms with Gasteiger partial charge in [0.2, 0.25) is 10.0 Å². The average molecular weight is 270 g/mol. The van der Waals surface area contributed by atoms with Gasteiger partial charge in [0, 0.05) is 13.1 Å². The number of nitrogens with two attached hydrogens (primary N) is 1. The van der Waals surface area contributed by atoms with Gasteiger partial charge >= 0.3 is 5.97 Å². The number of benzene rings is 1. The van der Waals surface area contributed by atoms with Gasteiger partial charge in [0.25, 0.3) is 0 Å². The Bertz CT molecular complexity index is 550. The van der Waals surface area contributed by atoms with Crippen molar-refractivity contribution < 1.29 is 18.0 Å². The van der Waals surface area contributed by atoms with Gasteiger partial charge in [-0.25, -0.2) is 13.2 Å². The third kappa shape index (κ3) is 2.24. The minimum absolute atomic E-state index is 0.0353. The van der Waals surface area contributed by atoms with E-state index in [4.69, 9.17) is 5.90 Å². The van der Waals surface area contributed by atoms with Crippen LogP contribution in [0.2, 0.25) is 0 Å². The maximum absolute atomic E-state index is 12.4. The molecule has 0 saturated carbocycles. The largest absolute Gasteiger partial charge is 0.370 e. The molecule has 0 amide bonds. The lowest BCUT2D eigenvalue weighted by Gasteiger charge is -2.17. The maximum atomic E-state index is 12.4.